The lowest BCUT2D eigenvalue weighted by atomic mass is 10.1. The van der Waals surface area contributed by atoms with Crippen molar-refractivity contribution in [3.8, 4) is 0 Å². The van der Waals surface area contributed by atoms with E-state index in [1.165, 1.54) is 13.0 Å². The van der Waals surface area contributed by atoms with Crippen LogP contribution < -0.4 is 0 Å². The van der Waals surface area contributed by atoms with Gasteiger partial charge in [-0.25, -0.2) is 8.42 Å². The van der Waals surface area contributed by atoms with Gasteiger partial charge in [0, 0.05) is 6.42 Å². The minimum Gasteiger partial charge on any atom is -0.300 e. The summed E-state index contributed by atoms with van der Waals surface area (Å²) >= 11 is 0. The quantitative estimate of drug-likeness (QED) is 0.841. The molecule has 0 spiro atoms. The van der Waals surface area contributed by atoms with Crippen molar-refractivity contribution in [3.05, 3.63) is 34.2 Å². The van der Waals surface area contributed by atoms with Crippen LogP contribution in [0.3, 0.4) is 0 Å². The van der Waals surface area contributed by atoms with E-state index in [2.05, 4.69) is 0 Å². The van der Waals surface area contributed by atoms with Gasteiger partial charge in [-0.15, -0.1) is 0 Å². The van der Waals surface area contributed by atoms with Crippen LogP contribution in [0.5, 0.6) is 0 Å². The van der Waals surface area contributed by atoms with Crippen molar-refractivity contribution in [2.75, 3.05) is 0 Å². The first kappa shape index (κ1) is 13.8. The molecule has 19 heavy (non-hydrogen) atoms. The third kappa shape index (κ3) is 2.30. The molecule has 0 saturated carbocycles. The molecule has 1 aromatic rings. The SMILES string of the molecule is CC(=O)CC1=Cc2cccc(C(F)(F)F)c2S1(=O)=O. The van der Waals surface area contributed by atoms with Crippen molar-refractivity contribution in [3.63, 3.8) is 0 Å². The molecular formula is C12H9F3O3S. The van der Waals surface area contributed by atoms with Gasteiger partial charge in [0.25, 0.3) is 0 Å². The molecular weight excluding hydrogens is 281 g/mol. The molecule has 2 rings (SSSR count). The van der Waals surface area contributed by atoms with E-state index < -0.39 is 38.7 Å². The minimum absolute atomic E-state index is 0.0222. The van der Waals surface area contributed by atoms with Gasteiger partial charge in [0.05, 0.1) is 15.4 Å². The number of fused-ring (bicyclic) bond motifs is 1. The number of hydrogen-bond acceptors (Lipinski definition) is 3. The Morgan fingerprint density at radius 2 is 1.89 bits per heavy atom. The Morgan fingerprint density at radius 3 is 2.42 bits per heavy atom. The van der Waals surface area contributed by atoms with E-state index in [0.717, 1.165) is 18.2 Å². The molecule has 0 unspecified atom stereocenters. The van der Waals surface area contributed by atoms with Gasteiger partial charge < -0.3 is 0 Å². The fourth-order valence-corrected chi connectivity index (χ4v) is 3.81. The number of allylic oxidation sites excluding steroid dienone is 1. The van der Waals surface area contributed by atoms with Gasteiger partial charge in [-0.05, 0) is 24.6 Å². The largest absolute Gasteiger partial charge is 0.417 e. The third-order valence-electron chi connectivity index (χ3n) is 2.70. The second-order valence-electron chi connectivity index (χ2n) is 4.21. The fourth-order valence-electron chi connectivity index (χ4n) is 1.97. The topological polar surface area (TPSA) is 51.2 Å². The number of carbonyl (C=O) groups is 1. The Labute approximate surface area is 107 Å². The van der Waals surface area contributed by atoms with Crippen LogP contribution in [0.1, 0.15) is 24.5 Å². The van der Waals surface area contributed by atoms with Crippen molar-refractivity contribution >= 4 is 21.7 Å². The van der Waals surface area contributed by atoms with Gasteiger partial charge in [-0.1, -0.05) is 12.1 Å². The molecule has 0 bridgehead atoms. The highest BCUT2D eigenvalue weighted by atomic mass is 32.2. The first-order chi connectivity index (χ1) is 8.64. The van der Waals surface area contributed by atoms with Crippen LogP contribution >= 0.6 is 0 Å². The van der Waals surface area contributed by atoms with E-state index in [4.69, 9.17) is 0 Å². The van der Waals surface area contributed by atoms with Crippen LogP contribution in [0.25, 0.3) is 6.08 Å². The number of Topliss-reactive ketones (excluding diaryl/α,β-unsaturated/α-hetero) is 1. The molecule has 1 heterocycles. The van der Waals surface area contributed by atoms with Crippen LogP contribution in [0.4, 0.5) is 13.2 Å². The molecule has 0 radical (unpaired) electrons. The summed E-state index contributed by atoms with van der Waals surface area (Å²) in [4.78, 5) is 9.96. The summed E-state index contributed by atoms with van der Waals surface area (Å²) in [7, 11) is -4.23. The van der Waals surface area contributed by atoms with Crippen molar-refractivity contribution in [2.24, 2.45) is 0 Å². The smallest absolute Gasteiger partial charge is 0.300 e. The predicted octanol–water partition coefficient (Wildman–Crippen LogP) is 2.81. The third-order valence-corrected chi connectivity index (χ3v) is 4.65. The summed E-state index contributed by atoms with van der Waals surface area (Å²) < 4.78 is 62.6. The molecule has 3 nitrogen and oxygen atoms in total. The van der Waals surface area contributed by atoms with Crippen molar-refractivity contribution in [1.29, 1.82) is 0 Å². The normalized spacial score (nSPS) is 16.9. The maximum atomic E-state index is 12.8. The minimum atomic E-state index is -4.75. The number of sulfone groups is 1. The molecule has 1 aliphatic rings. The molecule has 0 N–H and O–H groups in total. The Balaban J connectivity index is 2.66. The number of carbonyl (C=O) groups excluding carboxylic acids is 1. The molecule has 0 saturated heterocycles. The lowest BCUT2D eigenvalue weighted by Crippen LogP contribution is -2.13. The molecule has 102 valence electrons. The number of alkyl halides is 3. The zero-order chi connectivity index (χ0) is 14.4. The van der Waals surface area contributed by atoms with Crippen molar-refractivity contribution in [2.45, 2.75) is 24.4 Å². The molecule has 7 heteroatoms. The summed E-state index contributed by atoms with van der Waals surface area (Å²) in [5.41, 5.74) is -1.22. The number of rotatable bonds is 2. The summed E-state index contributed by atoms with van der Waals surface area (Å²) in [6, 6.07) is 3.15. The van der Waals surface area contributed by atoms with Crippen LogP contribution in [0, 0.1) is 0 Å². The van der Waals surface area contributed by atoms with E-state index >= 15 is 0 Å². The predicted molar refractivity (Wildman–Crippen MR) is 61.9 cm³/mol. The lowest BCUT2D eigenvalue weighted by molar-refractivity contribution is -0.139. The van der Waals surface area contributed by atoms with Crippen LogP contribution in [0.2, 0.25) is 0 Å². The Hall–Kier alpha value is -1.63. The molecule has 1 aromatic carbocycles. The molecule has 0 amide bonds. The monoisotopic (exact) mass is 290 g/mol. The summed E-state index contributed by atoms with van der Waals surface area (Å²) in [5, 5.41) is 0. The Bertz CT molecular complexity index is 685. The molecule has 0 fully saturated rings. The zero-order valence-electron chi connectivity index (χ0n) is 9.78. The van der Waals surface area contributed by atoms with E-state index in [1.54, 1.807) is 0 Å². The van der Waals surface area contributed by atoms with Gasteiger partial charge in [0.15, 0.2) is 0 Å². The van der Waals surface area contributed by atoms with E-state index in [0.29, 0.717) is 0 Å². The Morgan fingerprint density at radius 1 is 1.26 bits per heavy atom. The van der Waals surface area contributed by atoms with E-state index in [1.807, 2.05) is 0 Å². The maximum absolute atomic E-state index is 12.8. The van der Waals surface area contributed by atoms with Gasteiger partial charge in [0.2, 0.25) is 9.84 Å². The van der Waals surface area contributed by atoms with Crippen molar-refractivity contribution in [1.82, 2.24) is 0 Å². The summed E-state index contributed by atoms with van der Waals surface area (Å²) in [5.74, 6) is -0.420. The van der Waals surface area contributed by atoms with E-state index in [9.17, 15) is 26.4 Å². The van der Waals surface area contributed by atoms with Crippen LogP contribution in [0.15, 0.2) is 28.0 Å². The first-order valence-corrected chi connectivity index (χ1v) is 6.77. The van der Waals surface area contributed by atoms with Crippen LogP contribution in [-0.2, 0) is 20.8 Å². The summed E-state index contributed by atoms with van der Waals surface area (Å²) in [6.07, 6.45) is -4.02. The first-order valence-electron chi connectivity index (χ1n) is 5.29. The number of benzene rings is 1. The zero-order valence-corrected chi connectivity index (χ0v) is 10.6. The summed E-state index contributed by atoms with van der Waals surface area (Å²) in [6.45, 7) is 1.18. The van der Waals surface area contributed by atoms with Crippen LogP contribution in [-0.4, -0.2) is 14.2 Å². The highest BCUT2D eigenvalue weighted by Gasteiger charge is 2.41. The number of ketones is 1. The van der Waals surface area contributed by atoms with Gasteiger partial charge in [-0.2, -0.15) is 13.2 Å². The Kier molecular flexibility index (Phi) is 3.04. The molecule has 0 aliphatic carbocycles. The average molecular weight is 290 g/mol. The molecule has 1 aliphatic heterocycles. The second-order valence-corrected chi connectivity index (χ2v) is 6.15. The number of halogens is 3. The fraction of sp³-hybridized carbons (Fsp3) is 0.250. The van der Waals surface area contributed by atoms with Gasteiger partial charge in [-0.3, -0.25) is 4.79 Å². The second kappa shape index (κ2) is 4.19. The highest BCUT2D eigenvalue weighted by Crippen LogP contribution is 2.42. The maximum Gasteiger partial charge on any atom is 0.417 e. The lowest BCUT2D eigenvalue weighted by Gasteiger charge is -2.12. The average Bonchev–Trinajstić information content (AvgIpc) is 2.49. The number of hydrogen-bond donors (Lipinski definition) is 0. The van der Waals surface area contributed by atoms with E-state index in [-0.39, 0.29) is 10.5 Å². The standard InChI is InChI=1S/C12H9F3O3S/c1-7(16)5-9-6-8-3-2-4-10(12(13,14)15)11(8)19(9,17)18/h2-4,6H,5H2,1H3. The molecule has 0 atom stereocenters. The molecule has 0 aromatic heterocycles. The van der Waals surface area contributed by atoms with Gasteiger partial charge >= 0.3 is 6.18 Å². The van der Waals surface area contributed by atoms with Gasteiger partial charge in [0.1, 0.15) is 5.78 Å². The van der Waals surface area contributed by atoms with Crippen molar-refractivity contribution < 1.29 is 26.4 Å². The highest BCUT2D eigenvalue weighted by molar-refractivity contribution is 7.96.